The molecule has 1 amide bonds. The van der Waals surface area contributed by atoms with Crippen molar-refractivity contribution in [3.8, 4) is 16.9 Å². The van der Waals surface area contributed by atoms with E-state index in [-0.39, 0.29) is 23.1 Å². The molecule has 1 atom stereocenters. The summed E-state index contributed by atoms with van der Waals surface area (Å²) in [6.07, 6.45) is 0. The van der Waals surface area contributed by atoms with Gasteiger partial charge in [-0.2, -0.15) is 0 Å². The molecule has 0 saturated carbocycles. The SMILES string of the molecule is C[C@H](NC(=O)c1ccc2c(c1)OCCN2Cc1ccc(-c2ccccc2C(=O)O)c(F)c1)c1ccccc1. The van der Waals surface area contributed by atoms with Gasteiger partial charge in [0.15, 0.2) is 0 Å². The zero-order chi connectivity index (χ0) is 26.6. The van der Waals surface area contributed by atoms with Gasteiger partial charge < -0.3 is 20.1 Å². The second-order valence-corrected chi connectivity index (χ2v) is 9.22. The Morgan fingerprint density at radius 2 is 1.74 bits per heavy atom. The molecule has 192 valence electrons. The highest BCUT2D eigenvalue weighted by atomic mass is 19.1. The first kappa shape index (κ1) is 25.0. The molecule has 38 heavy (non-hydrogen) atoms. The van der Waals surface area contributed by atoms with Crippen molar-refractivity contribution in [1.29, 1.82) is 0 Å². The Balaban J connectivity index is 1.32. The number of carbonyl (C=O) groups is 2. The third-order valence-electron chi connectivity index (χ3n) is 6.68. The number of hydrogen-bond acceptors (Lipinski definition) is 4. The van der Waals surface area contributed by atoms with E-state index < -0.39 is 11.8 Å². The lowest BCUT2D eigenvalue weighted by atomic mass is 9.98. The molecule has 0 bridgehead atoms. The van der Waals surface area contributed by atoms with Crippen LogP contribution in [0.2, 0.25) is 0 Å². The van der Waals surface area contributed by atoms with Crippen molar-refractivity contribution in [1.82, 2.24) is 5.32 Å². The van der Waals surface area contributed by atoms with E-state index in [0.717, 1.165) is 16.8 Å². The van der Waals surface area contributed by atoms with Gasteiger partial charge in [-0.05, 0) is 53.9 Å². The highest BCUT2D eigenvalue weighted by Gasteiger charge is 2.22. The first-order valence-electron chi connectivity index (χ1n) is 12.4. The first-order valence-corrected chi connectivity index (χ1v) is 12.4. The van der Waals surface area contributed by atoms with Crippen LogP contribution in [-0.2, 0) is 6.54 Å². The third kappa shape index (κ3) is 5.22. The maximum absolute atomic E-state index is 15.1. The number of hydrogen-bond donors (Lipinski definition) is 2. The van der Waals surface area contributed by atoms with Gasteiger partial charge in [-0.3, -0.25) is 4.79 Å². The van der Waals surface area contributed by atoms with Crippen LogP contribution >= 0.6 is 0 Å². The van der Waals surface area contributed by atoms with Crippen LogP contribution in [0.5, 0.6) is 5.75 Å². The molecule has 1 aliphatic heterocycles. The van der Waals surface area contributed by atoms with Gasteiger partial charge >= 0.3 is 5.97 Å². The summed E-state index contributed by atoms with van der Waals surface area (Å²) < 4.78 is 21.0. The van der Waals surface area contributed by atoms with E-state index in [1.54, 1.807) is 42.5 Å². The van der Waals surface area contributed by atoms with Crippen LogP contribution in [-0.4, -0.2) is 30.1 Å². The molecule has 7 heteroatoms. The number of benzene rings is 4. The van der Waals surface area contributed by atoms with Crippen LogP contribution in [0.15, 0.2) is 91.0 Å². The second-order valence-electron chi connectivity index (χ2n) is 9.22. The summed E-state index contributed by atoms with van der Waals surface area (Å²) in [6.45, 7) is 3.42. The Labute approximate surface area is 220 Å². The molecule has 0 unspecified atom stereocenters. The fourth-order valence-electron chi connectivity index (χ4n) is 4.69. The largest absolute Gasteiger partial charge is 0.490 e. The maximum atomic E-state index is 15.1. The van der Waals surface area contributed by atoms with Gasteiger partial charge in [0.25, 0.3) is 5.91 Å². The Morgan fingerprint density at radius 1 is 0.974 bits per heavy atom. The molecular formula is C31H27FN2O4. The van der Waals surface area contributed by atoms with Crippen molar-refractivity contribution in [2.45, 2.75) is 19.5 Å². The number of aromatic carboxylic acids is 1. The first-order chi connectivity index (χ1) is 18.4. The van der Waals surface area contributed by atoms with Crippen LogP contribution in [0.25, 0.3) is 11.1 Å². The topological polar surface area (TPSA) is 78.9 Å². The Bertz CT molecular complexity index is 1490. The molecule has 0 fully saturated rings. The van der Waals surface area contributed by atoms with Gasteiger partial charge in [-0.15, -0.1) is 0 Å². The summed E-state index contributed by atoms with van der Waals surface area (Å²) >= 11 is 0. The molecule has 6 nitrogen and oxygen atoms in total. The molecule has 5 rings (SSSR count). The van der Waals surface area contributed by atoms with Gasteiger partial charge in [-0.1, -0.05) is 60.7 Å². The van der Waals surface area contributed by atoms with Gasteiger partial charge in [0.2, 0.25) is 0 Å². The monoisotopic (exact) mass is 510 g/mol. The number of anilines is 1. The molecule has 0 saturated heterocycles. The number of fused-ring (bicyclic) bond motifs is 1. The summed E-state index contributed by atoms with van der Waals surface area (Å²) in [5.41, 5.74) is 3.73. The summed E-state index contributed by atoms with van der Waals surface area (Å²) in [4.78, 5) is 26.5. The van der Waals surface area contributed by atoms with E-state index in [9.17, 15) is 14.7 Å². The molecule has 1 heterocycles. The number of carboxylic acids is 1. The molecule has 0 aromatic heterocycles. The lowest BCUT2D eigenvalue weighted by molar-refractivity contribution is 0.0697. The van der Waals surface area contributed by atoms with E-state index >= 15 is 4.39 Å². The lowest BCUT2D eigenvalue weighted by Gasteiger charge is -2.31. The van der Waals surface area contributed by atoms with E-state index in [2.05, 4.69) is 10.2 Å². The van der Waals surface area contributed by atoms with E-state index in [1.807, 2.05) is 43.3 Å². The summed E-state index contributed by atoms with van der Waals surface area (Å²) in [5, 5.41) is 12.5. The predicted octanol–water partition coefficient (Wildman–Crippen LogP) is 6.08. The predicted molar refractivity (Wildman–Crippen MR) is 144 cm³/mol. The summed E-state index contributed by atoms with van der Waals surface area (Å²) in [7, 11) is 0. The van der Waals surface area contributed by atoms with Gasteiger partial charge in [0.1, 0.15) is 18.2 Å². The molecule has 4 aromatic rings. The van der Waals surface area contributed by atoms with Crippen molar-refractivity contribution in [2.24, 2.45) is 0 Å². The zero-order valence-corrected chi connectivity index (χ0v) is 20.9. The molecule has 0 aliphatic carbocycles. The maximum Gasteiger partial charge on any atom is 0.336 e. The van der Waals surface area contributed by atoms with Crippen LogP contribution in [0, 0.1) is 5.82 Å². The summed E-state index contributed by atoms with van der Waals surface area (Å²) in [6, 6.07) is 26.2. The van der Waals surface area contributed by atoms with Gasteiger partial charge in [-0.25, -0.2) is 9.18 Å². The van der Waals surface area contributed by atoms with Crippen molar-refractivity contribution < 1.29 is 23.8 Å². The quantitative estimate of drug-likeness (QED) is 0.315. The highest BCUT2D eigenvalue weighted by molar-refractivity contribution is 5.96. The van der Waals surface area contributed by atoms with E-state index in [1.165, 1.54) is 12.1 Å². The van der Waals surface area contributed by atoms with Crippen molar-refractivity contribution in [3.63, 3.8) is 0 Å². The third-order valence-corrected chi connectivity index (χ3v) is 6.68. The molecule has 0 radical (unpaired) electrons. The van der Waals surface area contributed by atoms with Crippen molar-refractivity contribution in [2.75, 3.05) is 18.1 Å². The van der Waals surface area contributed by atoms with Crippen molar-refractivity contribution >= 4 is 17.6 Å². The highest BCUT2D eigenvalue weighted by Crippen LogP contribution is 2.34. The van der Waals surface area contributed by atoms with Gasteiger partial charge in [0, 0.05) is 17.7 Å². The number of ether oxygens (including phenoxy) is 1. The van der Waals surface area contributed by atoms with E-state index in [0.29, 0.717) is 36.6 Å². The molecule has 4 aromatic carbocycles. The molecule has 1 aliphatic rings. The fourth-order valence-corrected chi connectivity index (χ4v) is 4.69. The minimum atomic E-state index is -1.10. The number of amides is 1. The Kier molecular flexibility index (Phi) is 7.09. The Hall–Kier alpha value is -4.65. The summed E-state index contributed by atoms with van der Waals surface area (Å²) in [5.74, 6) is -1.17. The van der Waals surface area contributed by atoms with E-state index in [4.69, 9.17) is 4.74 Å². The number of carboxylic acid groups (broad SMARTS) is 1. The standard InChI is InChI=1S/C31H27FN2O4/c1-20(22-7-3-2-4-8-22)33-30(35)23-12-14-28-29(18-23)38-16-15-34(28)19-21-11-13-25(27(32)17-21)24-9-5-6-10-26(24)31(36)37/h2-14,17-18,20H,15-16,19H2,1H3,(H,33,35)(H,36,37)/t20-/m0/s1. The van der Waals surface area contributed by atoms with Crippen LogP contribution < -0.4 is 15.0 Å². The Morgan fingerprint density at radius 3 is 2.50 bits per heavy atom. The molecule has 0 spiro atoms. The number of nitrogens with zero attached hydrogens (tertiary/aromatic N) is 1. The average molecular weight is 511 g/mol. The van der Waals surface area contributed by atoms with Crippen LogP contribution in [0.4, 0.5) is 10.1 Å². The normalized spacial score (nSPS) is 13.3. The number of nitrogens with one attached hydrogen (secondary N) is 1. The average Bonchev–Trinajstić information content (AvgIpc) is 2.93. The number of rotatable bonds is 7. The van der Waals surface area contributed by atoms with Crippen LogP contribution in [0.1, 0.15) is 44.8 Å². The lowest BCUT2D eigenvalue weighted by Crippen LogP contribution is -2.32. The number of halogens is 1. The van der Waals surface area contributed by atoms with Gasteiger partial charge in [0.05, 0.1) is 23.8 Å². The second kappa shape index (κ2) is 10.8. The number of carbonyl (C=O) groups excluding carboxylic acids is 1. The van der Waals surface area contributed by atoms with Crippen LogP contribution in [0.3, 0.4) is 0 Å². The minimum Gasteiger partial charge on any atom is -0.490 e. The van der Waals surface area contributed by atoms with Crippen molar-refractivity contribution in [3.05, 3.63) is 119 Å². The molecular weight excluding hydrogens is 483 g/mol. The smallest absolute Gasteiger partial charge is 0.336 e. The minimum absolute atomic E-state index is 0.0549. The zero-order valence-electron chi connectivity index (χ0n) is 20.9. The molecule has 2 N–H and O–H groups in total. The fraction of sp³-hybridized carbons (Fsp3) is 0.161.